The molecule has 6 nitrogen and oxygen atoms in total. The first-order chi connectivity index (χ1) is 17.0. The van der Waals surface area contributed by atoms with Gasteiger partial charge in [0.25, 0.3) is 5.91 Å². The molecule has 0 saturated heterocycles. The summed E-state index contributed by atoms with van der Waals surface area (Å²) in [4.78, 5) is 25.6. The zero-order valence-electron chi connectivity index (χ0n) is 19.2. The second kappa shape index (κ2) is 10.4. The van der Waals surface area contributed by atoms with Gasteiger partial charge < -0.3 is 14.8 Å². The molecule has 0 aromatic heterocycles. The molecule has 4 aromatic rings. The first kappa shape index (κ1) is 23.3. The smallest absolute Gasteiger partial charge is 0.344 e. The quantitative estimate of drug-likeness (QED) is 0.166. The maximum atomic E-state index is 13.0. The number of nitriles is 1. The molecule has 0 aliphatic heterocycles. The minimum atomic E-state index is -0.543. The van der Waals surface area contributed by atoms with Crippen molar-refractivity contribution in [2.24, 2.45) is 0 Å². The summed E-state index contributed by atoms with van der Waals surface area (Å²) in [5.74, 6) is -0.561. The Bertz CT molecular complexity index is 1480. The van der Waals surface area contributed by atoms with Gasteiger partial charge in [-0.25, -0.2) is 4.79 Å². The third-order valence-corrected chi connectivity index (χ3v) is 5.39. The van der Waals surface area contributed by atoms with Crippen LogP contribution < -0.4 is 14.8 Å². The van der Waals surface area contributed by atoms with Crippen LogP contribution in [-0.4, -0.2) is 19.0 Å². The Morgan fingerprint density at radius 2 is 1.66 bits per heavy atom. The zero-order valence-corrected chi connectivity index (χ0v) is 19.2. The van der Waals surface area contributed by atoms with E-state index in [0.717, 1.165) is 16.3 Å². The standard InChI is InChI=1S/C29H22N2O4/c1-19-10-13-23(14-11-19)31-28(32)22(18-30)16-20-12-15-26(34-2)27(17-20)35-29(33)25-9-5-7-21-6-3-4-8-24(21)25/h3-17H,1-2H3,(H,31,32)/b22-16+. The van der Waals surface area contributed by atoms with Crippen LogP contribution in [0.1, 0.15) is 21.5 Å². The van der Waals surface area contributed by atoms with Crippen molar-refractivity contribution in [1.82, 2.24) is 0 Å². The zero-order chi connectivity index (χ0) is 24.8. The van der Waals surface area contributed by atoms with E-state index >= 15 is 0 Å². The van der Waals surface area contributed by atoms with Gasteiger partial charge in [-0.05, 0) is 59.7 Å². The highest BCUT2D eigenvalue weighted by atomic mass is 16.6. The molecule has 0 radical (unpaired) electrons. The number of nitrogens with one attached hydrogen (secondary N) is 1. The van der Waals surface area contributed by atoms with Crippen LogP contribution in [0.5, 0.6) is 11.5 Å². The Kier molecular flexibility index (Phi) is 6.89. The summed E-state index contributed by atoms with van der Waals surface area (Å²) in [7, 11) is 1.47. The van der Waals surface area contributed by atoms with E-state index in [4.69, 9.17) is 9.47 Å². The number of carbonyl (C=O) groups excluding carboxylic acids is 2. The molecule has 4 rings (SSSR count). The van der Waals surface area contributed by atoms with E-state index in [9.17, 15) is 14.9 Å². The average molecular weight is 463 g/mol. The van der Waals surface area contributed by atoms with Crippen LogP contribution in [0.25, 0.3) is 16.8 Å². The second-order valence-electron chi connectivity index (χ2n) is 7.82. The number of amides is 1. The molecule has 0 aliphatic carbocycles. The number of anilines is 1. The maximum absolute atomic E-state index is 13.0. The topological polar surface area (TPSA) is 88.4 Å². The van der Waals surface area contributed by atoms with Gasteiger partial charge in [0, 0.05) is 5.69 Å². The highest BCUT2D eigenvalue weighted by Crippen LogP contribution is 2.31. The molecule has 0 fully saturated rings. The number of benzene rings is 4. The van der Waals surface area contributed by atoms with Crippen molar-refractivity contribution >= 4 is 34.4 Å². The van der Waals surface area contributed by atoms with Gasteiger partial charge in [-0.1, -0.05) is 60.2 Å². The molecule has 0 aliphatic rings. The van der Waals surface area contributed by atoms with Gasteiger partial charge in [-0.15, -0.1) is 0 Å². The van der Waals surface area contributed by atoms with Crippen LogP contribution in [0.4, 0.5) is 5.69 Å². The average Bonchev–Trinajstić information content (AvgIpc) is 2.88. The highest BCUT2D eigenvalue weighted by molar-refractivity contribution is 6.09. The molecular weight excluding hydrogens is 440 g/mol. The predicted octanol–water partition coefficient (Wildman–Crippen LogP) is 5.92. The van der Waals surface area contributed by atoms with Crippen LogP contribution >= 0.6 is 0 Å². The van der Waals surface area contributed by atoms with E-state index < -0.39 is 11.9 Å². The van der Waals surface area contributed by atoms with E-state index in [2.05, 4.69) is 5.32 Å². The van der Waals surface area contributed by atoms with Gasteiger partial charge in [-0.3, -0.25) is 4.79 Å². The Morgan fingerprint density at radius 1 is 0.914 bits per heavy atom. The molecule has 0 spiro atoms. The summed E-state index contributed by atoms with van der Waals surface area (Å²) in [5.41, 5.74) is 2.47. The summed E-state index contributed by atoms with van der Waals surface area (Å²) in [6.45, 7) is 1.94. The summed E-state index contributed by atoms with van der Waals surface area (Å²) in [5, 5.41) is 14.0. The van der Waals surface area contributed by atoms with Gasteiger partial charge in [0.05, 0.1) is 12.7 Å². The Hall–Kier alpha value is -4.89. The molecule has 172 valence electrons. The third kappa shape index (κ3) is 5.37. The normalized spacial score (nSPS) is 10.9. The fraction of sp³-hybridized carbons (Fsp3) is 0.0690. The summed E-state index contributed by atoms with van der Waals surface area (Å²) in [6, 6.07) is 27.0. The first-order valence-corrected chi connectivity index (χ1v) is 10.9. The van der Waals surface area contributed by atoms with Crippen molar-refractivity contribution in [2.75, 3.05) is 12.4 Å². The van der Waals surface area contributed by atoms with Crippen molar-refractivity contribution in [3.8, 4) is 17.6 Å². The molecule has 0 saturated carbocycles. The number of hydrogen-bond donors (Lipinski definition) is 1. The number of methoxy groups -OCH3 is 1. The van der Waals surface area contributed by atoms with Crippen molar-refractivity contribution in [3.63, 3.8) is 0 Å². The van der Waals surface area contributed by atoms with Crippen molar-refractivity contribution in [2.45, 2.75) is 6.92 Å². The lowest BCUT2D eigenvalue weighted by atomic mass is 10.0. The minimum absolute atomic E-state index is 0.0953. The molecule has 35 heavy (non-hydrogen) atoms. The summed E-state index contributed by atoms with van der Waals surface area (Å²) in [6.07, 6.45) is 1.43. The van der Waals surface area contributed by atoms with Crippen LogP contribution in [0.3, 0.4) is 0 Å². The summed E-state index contributed by atoms with van der Waals surface area (Å²) >= 11 is 0. The van der Waals surface area contributed by atoms with E-state index in [0.29, 0.717) is 22.6 Å². The number of nitrogens with zero attached hydrogens (tertiary/aromatic N) is 1. The van der Waals surface area contributed by atoms with Crippen LogP contribution in [0.2, 0.25) is 0 Å². The molecule has 4 aromatic carbocycles. The number of carbonyl (C=O) groups is 2. The second-order valence-corrected chi connectivity index (χ2v) is 7.82. The SMILES string of the molecule is COc1ccc(/C=C(\C#N)C(=O)Nc2ccc(C)cc2)cc1OC(=O)c1cccc2ccccc12. The lowest BCUT2D eigenvalue weighted by Crippen LogP contribution is -2.13. The van der Waals surface area contributed by atoms with Crippen molar-refractivity contribution in [1.29, 1.82) is 5.26 Å². The van der Waals surface area contributed by atoms with E-state index in [1.54, 1.807) is 42.5 Å². The van der Waals surface area contributed by atoms with Gasteiger partial charge >= 0.3 is 5.97 Å². The van der Waals surface area contributed by atoms with E-state index in [-0.39, 0.29) is 11.3 Å². The number of esters is 1. The Labute approximate surface area is 203 Å². The number of rotatable bonds is 6. The van der Waals surface area contributed by atoms with E-state index in [1.807, 2.05) is 55.5 Å². The van der Waals surface area contributed by atoms with Crippen LogP contribution in [0.15, 0.2) is 90.5 Å². The molecular formula is C29H22N2O4. The number of aryl methyl sites for hydroxylation is 1. The largest absolute Gasteiger partial charge is 0.493 e. The van der Waals surface area contributed by atoms with Crippen LogP contribution in [-0.2, 0) is 4.79 Å². The molecule has 0 heterocycles. The lowest BCUT2D eigenvalue weighted by Gasteiger charge is -2.11. The number of fused-ring (bicyclic) bond motifs is 1. The lowest BCUT2D eigenvalue weighted by molar-refractivity contribution is -0.112. The number of hydrogen-bond acceptors (Lipinski definition) is 5. The fourth-order valence-corrected chi connectivity index (χ4v) is 3.57. The molecule has 1 amide bonds. The van der Waals surface area contributed by atoms with Gasteiger partial charge in [0.2, 0.25) is 0 Å². The number of ether oxygens (including phenoxy) is 2. The highest BCUT2D eigenvalue weighted by Gasteiger charge is 2.16. The third-order valence-electron chi connectivity index (χ3n) is 5.39. The predicted molar refractivity (Wildman–Crippen MR) is 135 cm³/mol. The molecule has 1 N–H and O–H groups in total. The van der Waals surface area contributed by atoms with E-state index in [1.165, 1.54) is 13.2 Å². The Morgan fingerprint density at radius 3 is 2.40 bits per heavy atom. The molecule has 0 unspecified atom stereocenters. The van der Waals surface area contributed by atoms with Crippen LogP contribution in [0, 0.1) is 18.3 Å². The van der Waals surface area contributed by atoms with Crippen molar-refractivity contribution in [3.05, 3.63) is 107 Å². The van der Waals surface area contributed by atoms with Gasteiger partial charge in [0.15, 0.2) is 11.5 Å². The summed E-state index contributed by atoms with van der Waals surface area (Å²) < 4.78 is 11.0. The van der Waals surface area contributed by atoms with Gasteiger partial charge in [0.1, 0.15) is 11.6 Å². The monoisotopic (exact) mass is 462 g/mol. The molecule has 0 bridgehead atoms. The molecule has 0 atom stereocenters. The maximum Gasteiger partial charge on any atom is 0.344 e. The first-order valence-electron chi connectivity index (χ1n) is 10.9. The minimum Gasteiger partial charge on any atom is -0.493 e. The molecule has 6 heteroatoms. The Balaban J connectivity index is 1.60. The van der Waals surface area contributed by atoms with Crippen molar-refractivity contribution < 1.29 is 19.1 Å². The fourth-order valence-electron chi connectivity index (χ4n) is 3.57. The van der Waals surface area contributed by atoms with Gasteiger partial charge in [-0.2, -0.15) is 5.26 Å².